The van der Waals surface area contributed by atoms with Gasteiger partial charge in [-0.3, -0.25) is 0 Å². The van der Waals surface area contributed by atoms with E-state index in [1.807, 2.05) is 0 Å². The molecule has 124 valence electrons. The molecule has 0 aliphatic heterocycles. The van der Waals surface area contributed by atoms with Crippen molar-refractivity contribution in [3.8, 4) is 0 Å². The van der Waals surface area contributed by atoms with Gasteiger partial charge >= 0.3 is 144 Å². The van der Waals surface area contributed by atoms with Crippen molar-refractivity contribution in [3.05, 3.63) is 60.7 Å². The summed E-state index contributed by atoms with van der Waals surface area (Å²) >= 11 is -3.26. The topological polar surface area (TPSA) is 18.5 Å². The van der Waals surface area contributed by atoms with Gasteiger partial charge in [-0.15, -0.1) is 0 Å². The van der Waals surface area contributed by atoms with Gasteiger partial charge in [0.25, 0.3) is 0 Å². The van der Waals surface area contributed by atoms with Gasteiger partial charge in [0.15, 0.2) is 0 Å². The zero-order valence-corrected chi connectivity index (χ0v) is 16.4. The predicted octanol–water partition coefficient (Wildman–Crippen LogP) is 3.88. The van der Waals surface area contributed by atoms with Crippen molar-refractivity contribution in [2.45, 2.75) is 39.5 Å². The van der Waals surface area contributed by atoms with Crippen LogP contribution in [-0.4, -0.2) is 27.2 Å². The Hall–Kier alpha value is -1.10. The summed E-state index contributed by atoms with van der Waals surface area (Å²) in [5.41, 5.74) is 0. The predicted molar refractivity (Wildman–Crippen MR) is 99.6 cm³/mol. The minimum atomic E-state index is -3.26. The molecular weight excluding hydrogens is 345 g/mol. The van der Waals surface area contributed by atoms with Crippen LogP contribution in [0.1, 0.15) is 39.5 Å². The molecule has 0 spiro atoms. The van der Waals surface area contributed by atoms with Crippen molar-refractivity contribution in [1.29, 1.82) is 0 Å². The van der Waals surface area contributed by atoms with Crippen LogP contribution in [0.15, 0.2) is 60.7 Å². The van der Waals surface area contributed by atoms with E-state index in [4.69, 9.17) is 7.53 Å². The maximum absolute atomic E-state index is 6.55. The van der Waals surface area contributed by atoms with Crippen molar-refractivity contribution < 1.29 is 7.53 Å². The van der Waals surface area contributed by atoms with E-state index < -0.39 is 13.9 Å². The monoisotopic (exact) mass is 374 g/mol. The zero-order valence-electron chi connectivity index (χ0n) is 14.3. The molecule has 2 rings (SSSR count). The Morgan fingerprint density at radius 2 is 1.04 bits per heavy atom. The van der Waals surface area contributed by atoms with Gasteiger partial charge in [-0.2, -0.15) is 0 Å². The van der Waals surface area contributed by atoms with E-state index in [9.17, 15) is 0 Å². The number of benzene rings is 2. The second-order valence-corrected chi connectivity index (χ2v) is 12.0. The molecule has 0 aliphatic carbocycles. The Morgan fingerprint density at radius 3 is 1.39 bits per heavy atom. The molecule has 0 unspecified atom stereocenters. The summed E-state index contributed by atoms with van der Waals surface area (Å²) in [7, 11) is 0. The molecular formula is C20H28GeO2. The molecule has 0 bridgehead atoms. The molecule has 3 heteroatoms. The third kappa shape index (κ3) is 4.94. The second kappa shape index (κ2) is 9.91. The first-order valence-corrected chi connectivity index (χ1v) is 12.5. The number of hydrogen-bond donors (Lipinski definition) is 0. The van der Waals surface area contributed by atoms with Gasteiger partial charge < -0.3 is 0 Å². The van der Waals surface area contributed by atoms with Crippen LogP contribution in [0.5, 0.6) is 0 Å². The fourth-order valence-corrected chi connectivity index (χ4v) is 9.31. The minimum absolute atomic E-state index is 0.770. The standard InChI is InChI=1S/C20H28GeO2/c1-3-5-17-22-21(23-18-6-4-2,19-13-9-7-10-14-19)20-15-11-8-12-16-20/h7-16H,3-6,17-18H2,1-2H3. The average molecular weight is 373 g/mol. The summed E-state index contributed by atoms with van der Waals surface area (Å²) in [5, 5.41) is 0. The van der Waals surface area contributed by atoms with E-state index in [1.165, 1.54) is 8.79 Å². The molecule has 0 N–H and O–H groups in total. The first-order valence-electron chi connectivity index (χ1n) is 8.72. The van der Waals surface area contributed by atoms with Crippen LogP contribution >= 0.6 is 0 Å². The van der Waals surface area contributed by atoms with Crippen molar-refractivity contribution >= 4 is 22.7 Å². The molecule has 2 aromatic carbocycles. The van der Waals surface area contributed by atoms with Crippen LogP contribution < -0.4 is 8.79 Å². The zero-order chi connectivity index (χ0) is 16.4. The molecule has 23 heavy (non-hydrogen) atoms. The van der Waals surface area contributed by atoms with Gasteiger partial charge in [0.1, 0.15) is 0 Å². The van der Waals surface area contributed by atoms with Gasteiger partial charge in [0.05, 0.1) is 0 Å². The van der Waals surface area contributed by atoms with Crippen LogP contribution in [0.3, 0.4) is 0 Å². The molecule has 0 amide bonds. The Morgan fingerprint density at radius 1 is 0.652 bits per heavy atom. The summed E-state index contributed by atoms with van der Waals surface area (Å²) in [6, 6.07) is 21.1. The molecule has 2 aromatic rings. The molecule has 0 fully saturated rings. The first-order chi connectivity index (χ1) is 11.3. The molecule has 0 saturated heterocycles. The van der Waals surface area contributed by atoms with E-state index in [-0.39, 0.29) is 0 Å². The molecule has 0 aromatic heterocycles. The van der Waals surface area contributed by atoms with E-state index in [2.05, 4.69) is 74.5 Å². The molecule has 0 saturated carbocycles. The fraction of sp³-hybridized carbons (Fsp3) is 0.400. The van der Waals surface area contributed by atoms with Gasteiger partial charge in [0, 0.05) is 0 Å². The third-order valence-corrected chi connectivity index (χ3v) is 11.1. The van der Waals surface area contributed by atoms with Crippen molar-refractivity contribution in [2.24, 2.45) is 0 Å². The average Bonchev–Trinajstić information content (AvgIpc) is 2.62. The summed E-state index contributed by atoms with van der Waals surface area (Å²) in [4.78, 5) is 0. The van der Waals surface area contributed by atoms with Gasteiger partial charge in [-0.05, 0) is 0 Å². The molecule has 0 atom stereocenters. The van der Waals surface area contributed by atoms with Crippen molar-refractivity contribution in [3.63, 3.8) is 0 Å². The van der Waals surface area contributed by atoms with E-state index >= 15 is 0 Å². The summed E-state index contributed by atoms with van der Waals surface area (Å²) in [6.45, 7) is 5.93. The number of hydrogen-bond acceptors (Lipinski definition) is 2. The first kappa shape index (κ1) is 18.2. The van der Waals surface area contributed by atoms with Crippen LogP contribution in [0.25, 0.3) is 0 Å². The van der Waals surface area contributed by atoms with Crippen molar-refractivity contribution in [2.75, 3.05) is 13.2 Å². The molecule has 0 radical (unpaired) electrons. The molecule has 0 heterocycles. The van der Waals surface area contributed by atoms with Gasteiger partial charge in [0.2, 0.25) is 0 Å². The Bertz CT molecular complexity index is 491. The third-order valence-electron chi connectivity index (χ3n) is 3.91. The maximum atomic E-state index is 6.55. The quantitative estimate of drug-likeness (QED) is 0.465. The normalized spacial score (nSPS) is 11.6. The van der Waals surface area contributed by atoms with E-state index in [0.29, 0.717) is 0 Å². The number of rotatable bonds is 10. The van der Waals surface area contributed by atoms with E-state index in [0.717, 1.165) is 38.9 Å². The van der Waals surface area contributed by atoms with Crippen LogP contribution in [-0.2, 0) is 7.53 Å². The Labute approximate surface area is 143 Å². The van der Waals surface area contributed by atoms with Crippen molar-refractivity contribution in [1.82, 2.24) is 0 Å². The van der Waals surface area contributed by atoms with Crippen LogP contribution in [0.2, 0.25) is 0 Å². The summed E-state index contributed by atoms with van der Waals surface area (Å²) in [6.07, 6.45) is 4.42. The van der Waals surface area contributed by atoms with Crippen LogP contribution in [0, 0.1) is 0 Å². The Balaban J connectivity index is 2.39. The second-order valence-electron chi connectivity index (χ2n) is 5.75. The van der Waals surface area contributed by atoms with Gasteiger partial charge in [-0.25, -0.2) is 0 Å². The Kier molecular flexibility index (Phi) is 7.86. The van der Waals surface area contributed by atoms with Crippen LogP contribution in [0.4, 0.5) is 0 Å². The van der Waals surface area contributed by atoms with Gasteiger partial charge in [-0.1, -0.05) is 0 Å². The summed E-state index contributed by atoms with van der Waals surface area (Å²) < 4.78 is 15.6. The SMILES string of the molecule is CCCC[O][Ge]([O]CCCC)([c]1ccccc1)[c]1ccccc1. The molecule has 0 aliphatic rings. The molecule has 2 nitrogen and oxygen atoms in total. The van der Waals surface area contributed by atoms with E-state index in [1.54, 1.807) is 0 Å². The summed E-state index contributed by atoms with van der Waals surface area (Å²) in [5.74, 6) is 0. The number of unbranched alkanes of at least 4 members (excludes halogenated alkanes) is 2. The fourth-order valence-electron chi connectivity index (χ4n) is 2.58.